The highest BCUT2D eigenvalue weighted by Crippen LogP contribution is 2.22. The summed E-state index contributed by atoms with van der Waals surface area (Å²) < 4.78 is 1.93. The summed E-state index contributed by atoms with van der Waals surface area (Å²) in [6.07, 6.45) is 0. The van der Waals surface area contributed by atoms with Gasteiger partial charge < -0.3 is 5.32 Å². The molecule has 2 rings (SSSR count). The van der Waals surface area contributed by atoms with Crippen LogP contribution in [0.25, 0.3) is 0 Å². The molecule has 0 saturated carbocycles. The molecule has 78 valence electrons. The third kappa shape index (κ3) is 3.23. The third-order valence-electron chi connectivity index (χ3n) is 1.94. The van der Waals surface area contributed by atoms with Crippen molar-refractivity contribution in [2.24, 2.45) is 0 Å². The van der Waals surface area contributed by atoms with Gasteiger partial charge >= 0.3 is 0 Å². The smallest absolute Gasteiger partial charge is 0.0931 e. The summed E-state index contributed by atoms with van der Waals surface area (Å²) in [5.41, 5.74) is 1.11. The number of hydrogen-bond donors (Lipinski definition) is 1. The van der Waals surface area contributed by atoms with Crippen molar-refractivity contribution in [2.75, 3.05) is 5.32 Å². The highest BCUT2D eigenvalue weighted by atomic mass is 79.9. The molecule has 0 radical (unpaired) electrons. The lowest BCUT2D eigenvalue weighted by molar-refractivity contribution is 1.19. The predicted octanol–water partition coefficient (Wildman–Crippen LogP) is 4.78. The molecule has 0 saturated heterocycles. The topological polar surface area (TPSA) is 12.0 Å². The molecule has 0 aliphatic heterocycles. The van der Waals surface area contributed by atoms with Gasteiger partial charge in [-0.05, 0) is 36.4 Å². The van der Waals surface area contributed by atoms with E-state index in [2.05, 4.69) is 21.2 Å². The fraction of sp³-hybridized carbons (Fsp3) is 0.0909. The molecule has 1 heterocycles. The van der Waals surface area contributed by atoms with Gasteiger partial charge in [-0.3, -0.25) is 0 Å². The minimum atomic E-state index is 0.818. The first-order chi connectivity index (χ1) is 7.24. The van der Waals surface area contributed by atoms with Gasteiger partial charge in [0, 0.05) is 21.6 Å². The van der Waals surface area contributed by atoms with Crippen molar-refractivity contribution in [1.82, 2.24) is 0 Å². The second-order valence-electron chi connectivity index (χ2n) is 3.07. The molecule has 0 aliphatic rings. The van der Waals surface area contributed by atoms with Gasteiger partial charge in [0.05, 0.1) is 4.34 Å². The third-order valence-corrected chi connectivity index (χ3v) is 3.70. The van der Waals surface area contributed by atoms with Crippen LogP contribution in [0.5, 0.6) is 0 Å². The first-order valence-electron chi connectivity index (χ1n) is 4.48. The van der Waals surface area contributed by atoms with Crippen LogP contribution in [-0.4, -0.2) is 0 Å². The lowest BCUT2D eigenvalue weighted by Gasteiger charge is -2.04. The Labute approximate surface area is 106 Å². The summed E-state index contributed by atoms with van der Waals surface area (Å²) in [5, 5.41) is 3.33. The Morgan fingerprint density at radius 2 is 1.87 bits per heavy atom. The average molecular weight is 303 g/mol. The first-order valence-corrected chi connectivity index (χ1v) is 6.46. The molecular weight excluding hydrogens is 294 g/mol. The van der Waals surface area contributed by atoms with Crippen molar-refractivity contribution < 1.29 is 0 Å². The zero-order chi connectivity index (χ0) is 10.7. The Morgan fingerprint density at radius 1 is 1.13 bits per heavy atom. The number of benzene rings is 1. The predicted molar refractivity (Wildman–Crippen MR) is 70.8 cm³/mol. The molecule has 4 heteroatoms. The summed E-state index contributed by atoms with van der Waals surface area (Å²) >= 11 is 10.9. The molecular formula is C11H9BrClNS. The minimum Gasteiger partial charge on any atom is -0.380 e. The van der Waals surface area contributed by atoms with Gasteiger partial charge in [-0.2, -0.15) is 0 Å². The van der Waals surface area contributed by atoms with Crippen molar-refractivity contribution in [1.29, 1.82) is 0 Å². The van der Waals surface area contributed by atoms with Gasteiger partial charge in [-0.25, -0.2) is 0 Å². The molecule has 0 bridgehead atoms. The van der Waals surface area contributed by atoms with E-state index in [-0.39, 0.29) is 0 Å². The Hall–Kier alpha value is -0.510. The molecule has 0 atom stereocenters. The van der Waals surface area contributed by atoms with E-state index >= 15 is 0 Å². The van der Waals surface area contributed by atoms with Crippen LogP contribution in [0.2, 0.25) is 4.34 Å². The van der Waals surface area contributed by atoms with Crippen LogP contribution in [0.1, 0.15) is 4.88 Å². The van der Waals surface area contributed by atoms with Gasteiger partial charge in [-0.15, -0.1) is 11.3 Å². The Morgan fingerprint density at radius 3 is 2.47 bits per heavy atom. The monoisotopic (exact) mass is 301 g/mol. The standard InChI is InChI=1S/C11H9BrClNS/c12-8-1-3-9(4-2-8)14-7-10-5-6-11(13)15-10/h1-6,14H,7H2. The molecule has 1 aromatic carbocycles. The fourth-order valence-corrected chi connectivity index (χ4v) is 2.50. The maximum absolute atomic E-state index is 5.85. The van der Waals surface area contributed by atoms with Crippen LogP contribution in [0.15, 0.2) is 40.9 Å². The average Bonchev–Trinajstić information content (AvgIpc) is 2.64. The highest BCUT2D eigenvalue weighted by molar-refractivity contribution is 9.10. The van der Waals surface area contributed by atoms with Gasteiger partial charge in [-0.1, -0.05) is 27.5 Å². The van der Waals surface area contributed by atoms with Crippen molar-refractivity contribution in [3.63, 3.8) is 0 Å². The summed E-state index contributed by atoms with van der Waals surface area (Å²) in [4.78, 5) is 1.24. The molecule has 1 aromatic heterocycles. The molecule has 0 unspecified atom stereocenters. The SMILES string of the molecule is Clc1ccc(CNc2ccc(Br)cc2)s1. The molecule has 15 heavy (non-hydrogen) atoms. The lowest BCUT2D eigenvalue weighted by Crippen LogP contribution is -1.96. The van der Waals surface area contributed by atoms with Crippen molar-refractivity contribution in [2.45, 2.75) is 6.54 Å². The molecule has 2 aromatic rings. The zero-order valence-corrected chi connectivity index (χ0v) is 11.0. The van der Waals surface area contributed by atoms with E-state index in [1.54, 1.807) is 11.3 Å². The maximum Gasteiger partial charge on any atom is 0.0931 e. The van der Waals surface area contributed by atoms with E-state index in [0.29, 0.717) is 0 Å². The molecule has 1 nitrogen and oxygen atoms in total. The highest BCUT2D eigenvalue weighted by Gasteiger charge is 1.97. The van der Waals surface area contributed by atoms with Crippen molar-refractivity contribution in [3.8, 4) is 0 Å². The van der Waals surface area contributed by atoms with Crippen LogP contribution < -0.4 is 5.32 Å². The molecule has 1 N–H and O–H groups in total. The van der Waals surface area contributed by atoms with Crippen LogP contribution in [0, 0.1) is 0 Å². The molecule has 0 aliphatic carbocycles. The number of rotatable bonds is 3. The van der Waals surface area contributed by atoms with E-state index in [9.17, 15) is 0 Å². The summed E-state index contributed by atoms with van der Waals surface area (Å²) in [6, 6.07) is 12.1. The second kappa shape index (κ2) is 5.01. The van der Waals surface area contributed by atoms with E-state index in [1.165, 1.54) is 4.88 Å². The quantitative estimate of drug-likeness (QED) is 0.860. The van der Waals surface area contributed by atoms with E-state index in [4.69, 9.17) is 11.6 Å². The van der Waals surface area contributed by atoms with Gasteiger partial charge in [0.2, 0.25) is 0 Å². The number of anilines is 1. The van der Waals surface area contributed by atoms with Gasteiger partial charge in [0.15, 0.2) is 0 Å². The van der Waals surface area contributed by atoms with Crippen molar-refractivity contribution >= 4 is 44.6 Å². The van der Waals surface area contributed by atoms with Crippen LogP contribution in [0.3, 0.4) is 0 Å². The molecule has 0 spiro atoms. The maximum atomic E-state index is 5.85. The number of halogens is 2. The van der Waals surface area contributed by atoms with E-state index < -0.39 is 0 Å². The second-order valence-corrected chi connectivity index (χ2v) is 5.78. The zero-order valence-electron chi connectivity index (χ0n) is 7.84. The van der Waals surface area contributed by atoms with Gasteiger partial charge in [0.25, 0.3) is 0 Å². The Balaban J connectivity index is 1.96. The van der Waals surface area contributed by atoms with Gasteiger partial charge in [0.1, 0.15) is 0 Å². The largest absolute Gasteiger partial charge is 0.380 e. The number of thiophene rings is 1. The lowest BCUT2D eigenvalue weighted by atomic mass is 10.3. The number of hydrogen-bond acceptors (Lipinski definition) is 2. The van der Waals surface area contributed by atoms with E-state index in [1.807, 2.05) is 36.4 Å². The summed E-state index contributed by atoms with van der Waals surface area (Å²) in [5.74, 6) is 0. The Kier molecular flexibility index (Phi) is 3.67. The van der Waals surface area contributed by atoms with Crippen LogP contribution in [0.4, 0.5) is 5.69 Å². The van der Waals surface area contributed by atoms with Crippen molar-refractivity contribution in [3.05, 3.63) is 50.1 Å². The van der Waals surface area contributed by atoms with Crippen LogP contribution >= 0.6 is 38.9 Å². The minimum absolute atomic E-state index is 0.818. The van der Waals surface area contributed by atoms with E-state index in [0.717, 1.165) is 21.0 Å². The first kappa shape index (κ1) is 11.0. The molecule has 0 fully saturated rings. The fourth-order valence-electron chi connectivity index (χ4n) is 1.20. The normalized spacial score (nSPS) is 10.3. The summed E-state index contributed by atoms with van der Waals surface area (Å²) in [6.45, 7) is 0.818. The van der Waals surface area contributed by atoms with Crippen LogP contribution in [-0.2, 0) is 6.54 Å². The number of nitrogens with one attached hydrogen (secondary N) is 1. The Bertz CT molecular complexity index is 438. The summed E-state index contributed by atoms with van der Waals surface area (Å²) in [7, 11) is 0. The molecule has 0 amide bonds.